The van der Waals surface area contributed by atoms with Crippen LogP contribution in [-0.4, -0.2) is 24.1 Å². The van der Waals surface area contributed by atoms with Gasteiger partial charge in [-0.1, -0.05) is 35.9 Å². The van der Waals surface area contributed by atoms with Gasteiger partial charge in [-0.25, -0.2) is 0 Å². The lowest BCUT2D eigenvalue weighted by Crippen LogP contribution is -3.11. The van der Waals surface area contributed by atoms with Crippen LogP contribution >= 0.6 is 23.8 Å². The molecule has 0 unspecified atom stereocenters. The number of carbonyl (C=O) groups is 1. The van der Waals surface area contributed by atoms with Gasteiger partial charge in [-0.2, -0.15) is 0 Å². The molecule has 1 aliphatic heterocycles. The van der Waals surface area contributed by atoms with Gasteiger partial charge in [-0.05, 0) is 55.7 Å². The highest BCUT2D eigenvalue weighted by Crippen LogP contribution is 2.15. The largest absolute Gasteiger partial charge is 0.332 e. The summed E-state index contributed by atoms with van der Waals surface area (Å²) in [6, 6.07) is 15.1. The fourth-order valence-electron chi connectivity index (χ4n) is 3.20. The maximum absolute atomic E-state index is 12.2. The van der Waals surface area contributed by atoms with Gasteiger partial charge in [-0.3, -0.25) is 10.1 Å². The second-order valence-corrected chi connectivity index (χ2v) is 7.39. The predicted molar refractivity (Wildman–Crippen MR) is 110 cm³/mol. The van der Waals surface area contributed by atoms with Gasteiger partial charge in [0, 0.05) is 11.3 Å². The first kappa shape index (κ1) is 18.8. The van der Waals surface area contributed by atoms with Gasteiger partial charge in [0.1, 0.15) is 6.54 Å². The van der Waals surface area contributed by atoms with Crippen LogP contribution in [-0.2, 0) is 6.54 Å². The third-order valence-electron chi connectivity index (χ3n) is 4.57. The summed E-state index contributed by atoms with van der Waals surface area (Å²) in [6.07, 6.45) is 4.02. The number of rotatable bonds is 4. The van der Waals surface area contributed by atoms with Crippen molar-refractivity contribution in [3.05, 3.63) is 64.7 Å². The van der Waals surface area contributed by atoms with E-state index < -0.39 is 0 Å². The summed E-state index contributed by atoms with van der Waals surface area (Å²) >= 11 is 11.3. The first-order valence-corrected chi connectivity index (χ1v) is 9.70. The van der Waals surface area contributed by atoms with E-state index in [0.29, 0.717) is 10.6 Å². The molecule has 0 spiro atoms. The van der Waals surface area contributed by atoms with Crippen LogP contribution in [0.1, 0.15) is 35.2 Å². The Bertz CT molecular complexity index is 773. The molecule has 4 nitrogen and oxygen atoms in total. The van der Waals surface area contributed by atoms with Crippen molar-refractivity contribution >= 4 is 40.5 Å². The zero-order chi connectivity index (χ0) is 18.4. The fraction of sp³-hybridized carbons (Fsp3) is 0.300. The van der Waals surface area contributed by atoms with E-state index in [2.05, 4.69) is 22.8 Å². The number of nitrogens with one attached hydrogen (secondary N) is 3. The number of thiocarbonyl (C=S) groups is 1. The van der Waals surface area contributed by atoms with E-state index in [9.17, 15) is 4.79 Å². The summed E-state index contributed by atoms with van der Waals surface area (Å²) in [5.41, 5.74) is 2.57. The van der Waals surface area contributed by atoms with Gasteiger partial charge in [0.25, 0.3) is 5.91 Å². The summed E-state index contributed by atoms with van der Waals surface area (Å²) in [5.74, 6) is -0.321. The highest BCUT2D eigenvalue weighted by molar-refractivity contribution is 7.80. The fourth-order valence-corrected chi connectivity index (χ4v) is 3.63. The SMILES string of the molecule is O=C(NC(=S)Nc1ccc(C[NH+]2CCCCC2)cc1)c1ccccc1Cl. The lowest BCUT2D eigenvalue weighted by molar-refractivity contribution is -0.918. The van der Waals surface area contributed by atoms with Crippen LogP contribution in [0.4, 0.5) is 5.69 Å². The van der Waals surface area contributed by atoms with Crippen LogP contribution in [0.2, 0.25) is 5.02 Å². The molecule has 2 aromatic carbocycles. The number of hydrogen-bond acceptors (Lipinski definition) is 2. The highest BCUT2D eigenvalue weighted by Gasteiger charge is 2.14. The normalized spacial score (nSPS) is 14.7. The van der Waals surface area contributed by atoms with E-state index >= 15 is 0 Å². The number of likely N-dealkylation sites (tertiary alicyclic amines) is 1. The van der Waals surface area contributed by atoms with Crippen LogP contribution in [0.25, 0.3) is 0 Å². The number of benzene rings is 2. The van der Waals surface area contributed by atoms with Crippen molar-refractivity contribution in [2.75, 3.05) is 18.4 Å². The minimum atomic E-state index is -0.321. The van der Waals surface area contributed by atoms with Crippen molar-refractivity contribution in [3.8, 4) is 0 Å². The van der Waals surface area contributed by atoms with Crippen molar-refractivity contribution in [2.24, 2.45) is 0 Å². The van der Waals surface area contributed by atoms with E-state index in [1.54, 1.807) is 29.2 Å². The topological polar surface area (TPSA) is 45.6 Å². The molecule has 26 heavy (non-hydrogen) atoms. The molecule has 0 aliphatic carbocycles. The van der Waals surface area contributed by atoms with E-state index in [1.807, 2.05) is 12.1 Å². The van der Waals surface area contributed by atoms with E-state index in [1.165, 1.54) is 37.9 Å². The molecule has 0 saturated carbocycles. The molecule has 136 valence electrons. The van der Waals surface area contributed by atoms with Crippen LogP contribution in [0.15, 0.2) is 48.5 Å². The molecule has 6 heteroatoms. The third kappa shape index (κ3) is 5.27. The summed E-state index contributed by atoms with van der Waals surface area (Å²) < 4.78 is 0. The van der Waals surface area contributed by atoms with Gasteiger partial charge in [-0.15, -0.1) is 0 Å². The van der Waals surface area contributed by atoms with Crippen molar-refractivity contribution in [1.29, 1.82) is 0 Å². The second kappa shape index (κ2) is 9.12. The monoisotopic (exact) mass is 388 g/mol. The Balaban J connectivity index is 1.52. The molecule has 1 amide bonds. The standard InChI is InChI=1S/C20H22ClN3OS/c21-18-7-3-2-6-17(18)19(25)23-20(26)22-16-10-8-15(9-11-16)14-24-12-4-1-5-13-24/h2-3,6-11H,1,4-5,12-14H2,(H2,22,23,25,26)/p+1. The summed E-state index contributed by atoms with van der Waals surface area (Å²) in [4.78, 5) is 13.9. The Labute approximate surface area is 164 Å². The Morgan fingerprint density at radius 1 is 1.04 bits per heavy atom. The first-order valence-electron chi connectivity index (χ1n) is 8.91. The van der Waals surface area contributed by atoms with E-state index in [4.69, 9.17) is 23.8 Å². The molecule has 1 aliphatic rings. The molecule has 3 rings (SSSR count). The Kier molecular flexibility index (Phi) is 6.61. The predicted octanol–water partition coefficient (Wildman–Crippen LogP) is 3.04. The van der Waals surface area contributed by atoms with Gasteiger partial charge >= 0.3 is 0 Å². The van der Waals surface area contributed by atoms with Gasteiger partial charge in [0.05, 0.1) is 23.7 Å². The molecular weight excluding hydrogens is 366 g/mol. The molecule has 2 aromatic rings. The molecule has 0 radical (unpaired) electrons. The van der Waals surface area contributed by atoms with Crippen LogP contribution in [0.5, 0.6) is 0 Å². The smallest absolute Gasteiger partial charge is 0.258 e. The number of halogens is 1. The molecule has 0 atom stereocenters. The van der Waals surface area contributed by atoms with Crippen LogP contribution in [0.3, 0.4) is 0 Å². The Hall–Kier alpha value is -1.95. The Morgan fingerprint density at radius 2 is 1.73 bits per heavy atom. The van der Waals surface area contributed by atoms with Crippen molar-refractivity contribution in [1.82, 2.24) is 5.32 Å². The minimum absolute atomic E-state index is 0.254. The third-order valence-corrected chi connectivity index (χ3v) is 5.11. The average molecular weight is 389 g/mol. The Morgan fingerprint density at radius 3 is 2.42 bits per heavy atom. The number of piperidine rings is 1. The minimum Gasteiger partial charge on any atom is -0.332 e. The number of hydrogen-bond donors (Lipinski definition) is 3. The maximum Gasteiger partial charge on any atom is 0.258 e. The molecule has 1 saturated heterocycles. The number of carbonyl (C=O) groups excluding carboxylic acids is 1. The van der Waals surface area contributed by atoms with Gasteiger partial charge in [0.2, 0.25) is 0 Å². The number of anilines is 1. The van der Waals surface area contributed by atoms with E-state index in [-0.39, 0.29) is 11.0 Å². The highest BCUT2D eigenvalue weighted by atomic mass is 35.5. The molecule has 0 aromatic heterocycles. The average Bonchev–Trinajstić information content (AvgIpc) is 2.64. The number of amides is 1. The second-order valence-electron chi connectivity index (χ2n) is 6.57. The van der Waals surface area contributed by atoms with Gasteiger partial charge in [0.15, 0.2) is 5.11 Å². The van der Waals surface area contributed by atoms with Crippen molar-refractivity contribution in [2.45, 2.75) is 25.8 Å². The quantitative estimate of drug-likeness (QED) is 0.705. The molecule has 0 bridgehead atoms. The van der Waals surface area contributed by atoms with Crippen LogP contribution < -0.4 is 15.5 Å². The van der Waals surface area contributed by atoms with E-state index in [0.717, 1.165) is 12.2 Å². The zero-order valence-electron chi connectivity index (χ0n) is 14.6. The van der Waals surface area contributed by atoms with Crippen molar-refractivity contribution in [3.63, 3.8) is 0 Å². The van der Waals surface area contributed by atoms with Crippen molar-refractivity contribution < 1.29 is 9.69 Å². The van der Waals surface area contributed by atoms with Crippen LogP contribution in [0, 0.1) is 0 Å². The summed E-state index contributed by atoms with van der Waals surface area (Å²) in [7, 11) is 0. The number of quaternary nitrogens is 1. The molecule has 1 fully saturated rings. The molecule has 3 N–H and O–H groups in total. The summed E-state index contributed by atoms with van der Waals surface area (Å²) in [6.45, 7) is 3.59. The lowest BCUT2D eigenvalue weighted by Gasteiger charge is -2.23. The first-order chi connectivity index (χ1) is 12.6. The van der Waals surface area contributed by atoms with Gasteiger partial charge < -0.3 is 10.2 Å². The summed E-state index contributed by atoms with van der Waals surface area (Å²) in [5, 5.41) is 6.36. The lowest BCUT2D eigenvalue weighted by atomic mass is 10.1. The molecular formula is C20H23ClN3OS+. The molecule has 1 heterocycles. The zero-order valence-corrected chi connectivity index (χ0v) is 16.1. The maximum atomic E-state index is 12.2.